The molecule has 140 valence electrons. The summed E-state index contributed by atoms with van der Waals surface area (Å²) in [6.45, 7) is 5.82. The highest BCUT2D eigenvalue weighted by molar-refractivity contribution is 5.92. The predicted molar refractivity (Wildman–Crippen MR) is 99.3 cm³/mol. The summed E-state index contributed by atoms with van der Waals surface area (Å²) < 4.78 is 0. The molecule has 2 amide bonds. The smallest absolute Gasteiger partial charge is 0.245 e. The Balaban J connectivity index is 0.00000288. The van der Waals surface area contributed by atoms with Gasteiger partial charge in [-0.3, -0.25) is 9.59 Å². The van der Waals surface area contributed by atoms with Gasteiger partial charge in [-0.05, 0) is 45.6 Å². The minimum atomic E-state index is -0.669. The second kappa shape index (κ2) is 10.2. The van der Waals surface area contributed by atoms with Gasteiger partial charge >= 0.3 is 0 Å². The van der Waals surface area contributed by atoms with Crippen molar-refractivity contribution in [1.82, 2.24) is 16.0 Å². The van der Waals surface area contributed by atoms with Gasteiger partial charge in [0.05, 0.1) is 0 Å². The molecule has 0 bridgehead atoms. The summed E-state index contributed by atoms with van der Waals surface area (Å²) >= 11 is 0. The zero-order chi connectivity index (χ0) is 16.7. The fourth-order valence-electron chi connectivity index (χ4n) is 3.82. The second-order valence-electron chi connectivity index (χ2n) is 7.32. The third-order valence-corrected chi connectivity index (χ3v) is 5.31. The van der Waals surface area contributed by atoms with E-state index in [4.69, 9.17) is 0 Å². The first-order chi connectivity index (χ1) is 11.1. The van der Waals surface area contributed by atoms with Crippen LogP contribution in [0.1, 0.15) is 71.6 Å². The highest BCUT2D eigenvalue weighted by Crippen LogP contribution is 2.29. The van der Waals surface area contributed by atoms with Crippen LogP contribution in [0.3, 0.4) is 0 Å². The van der Waals surface area contributed by atoms with Crippen LogP contribution in [0.5, 0.6) is 0 Å². The van der Waals surface area contributed by atoms with Crippen molar-refractivity contribution in [1.29, 1.82) is 0 Å². The molecule has 1 aliphatic heterocycles. The molecular formula is C18H34ClN3O2. The summed E-state index contributed by atoms with van der Waals surface area (Å²) in [5.41, 5.74) is -0.669. The fraction of sp³-hybridized carbons (Fsp3) is 0.889. The van der Waals surface area contributed by atoms with E-state index in [9.17, 15) is 9.59 Å². The molecule has 0 aromatic rings. The van der Waals surface area contributed by atoms with Crippen LogP contribution in [0.4, 0.5) is 0 Å². The Bertz CT molecular complexity index is 411. The number of hydrogen-bond donors (Lipinski definition) is 3. The molecule has 6 heteroatoms. The molecule has 2 atom stereocenters. The van der Waals surface area contributed by atoms with E-state index in [-0.39, 0.29) is 30.1 Å². The van der Waals surface area contributed by atoms with Crippen LogP contribution in [0.2, 0.25) is 0 Å². The normalized spacial score (nSPS) is 26.1. The lowest BCUT2D eigenvalue weighted by Gasteiger charge is -2.38. The van der Waals surface area contributed by atoms with Crippen LogP contribution >= 0.6 is 12.4 Å². The largest absolute Gasteiger partial charge is 0.354 e. The van der Waals surface area contributed by atoms with Gasteiger partial charge in [-0.2, -0.15) is 0 Å². The maximum atomic E-state index is 12.7. The molecule has 2 rings (SSSR count). The van der Waals surface area contributed by atoms with Gasteiger partial charge in [0.25, 0.3) is 0 Å². The van der Waals surface area contributed by atoms with Crippen LogP contribution in [-0.2, 0) is 9.59 Å². The minimum Gasteiger partial charge on any atom is -0.354 e. The fourth-order valence-corrected chi connectivity index (χ4v) is 3.82. The Morgan fingerprint density at radius 1 is 1.21 bits per heavy atom. The molecule has 1 aliphatic carbocycles. The van der Waals surface area contributed by atoms with Crippen molar-refractivity contribution in [2.45, 2.75) is 83.2 Å². The molecule has 1 heterocycles. The topological polar surface area (TPSA) is 70.2 Å². The Labute approximate surface area is 152 Å². The van der Waals surface area contributed by atoms with E-state index in [2.05, 4.69) is 29.8 Å². The molecule has 0 spiro atoms. The number of unbranched alkanes of at least 4 members (excludes halogenated alkanes) is 1. The van der Waals surface area contributed by atoms with Crippen molar-refractivity contribution in [3.05, 3.63) is 0 Å². The molecule has 2 fully saturated rings. The van der Waals surface area contributed by atoms with Crippen LogP contribution in [0, 0.1) is 5.92 Å². The lowest BCUT2D eigenvalue weighted by molar-refractivity contribution is -0.137. The van der Waals surface area contributed by atoms with E-state index in [0.29, 0.717) is 12.6 Å². The van der Waals surface area contributed by atoms with Crippen LogP contribution in [0.25, 0.3) is 0 Å². The number of amides is 2. The van der Waals surface area contributed by atoms with E-state index in [1.807, 2.05) is 0 Å². The Morgan fingerprint density at radius 2 is 1.92 bits per heavy atom. The quantitative estimate of drug-likeness (QED) is 0.638. The summed E-state index contributed by atoms with van der Waals surface area (Å²) in [6, 6.07) is 0.375. The lowest BCUT2D eigenvalue weighted by Crippen LogP contribution is -2.61. The zero-order valence-corrected chi connectivity index (χ0v) is 16.0. The third kappa shape index (κ3) is 5.62. The first-order valence-corrected chi connectivity index (χ1v) is 9.41. The molecule has 3 N–H and O–H groups in total. The number of rotatable bonds is 6. The van der Waals surface area contributed by atoms with Gasteiger partial charge in [0.15, 0.2) is 0 Å². The number of carbonyl (C=O) groups is 2. The van der Waals surface area contributed by atoms with Gasteiger partial charge in [0.1, 0.15) is 5.54 Å². The van der Waals surface area contributed by atoms with Gasteiger partial charge in [0, 0.05) is 18.5 Å². The average Bonchev–Trinajstić information content (AvgIpc) is 2.55. The maximum Gasteiger partial charge on any atom is 0.245 e. The minimum absolute atomic E-state index is 0. The number of carbonyl (C=O) groups excluding carboxylic acids is 2. The molecule has 1 saturated heterocycles. The molecule has 0 aromatic carbocycles. The molecule has 1 saturated carbocycles. The zero-order valence-electron chi connectivity index (χ0n) is 15.2. The first-order valence-electron chi connectivity index (χ1n) is 9.41. The SMILES string of the molecule is CCCCNC(=O)C1(NC(=O)[C@H]2CCN[C@@H](C)C2)CCCCC1.Cl. The van der Waals surface area contributed by atoms with Crippen molar-refractivity contribution >= 4 is 24.2 Å². The highest BCUT2D eigenvalue weighted by Gasteiger charge is 2.42. The van der Waals surface area contributed by atoms with E-state index in [1.165, 1.54) is 0 Å². The number of hydrogen-bond acceptors (Lipinski definition) is 3. The van der Waals surface area contributed by atoms with E-state index in [0.717, 1.165) is 64.3 Å². The molecule has 5 nitrogen and oxygen atoms in total. The van der Waals surface area contributed by atoms with Crippen molar-refractivity contribution < 1.29 is 9.59 Å². The van der Waals surface area contributed by atoms with Gasteiger partial charge in [-0.1, -0.05) is 32.6 Å². The maximum absolute atomic E-state index is 12.7. The van der Waals surface area contributed by atoms with Gasteiger partial charge in [0.2, 0.25) is 11.8 Å². The van der Waals surface area contributed by atoms with Gasteiger partial charge in [-0.25, -0.2) is 0 Å². The Kier molecular flexibility index (Phi) is 9.06. The summed E-state index contributed by atoms with van der Waals surface area (Å²) in [6.07, 6.45) is 8.52. The lowest BCUT2D eigenvalue weighted by atomic mass is 9.80. The van der Waals surface area contributed by atoms with Crippen molar-refractivity contribution in [2.75, 3.05) is 13.1 Å². The van der Waals surface area contributed by atoms with Crippen molar-refractivity contribution in [3.63, 3.8) is 0 Å². The summed E-state index contributed by atoms with van der Waals surface area (Å²) in [4.78, 5) is 25.5. The molecule has 0 radical (unpaired) electrons. The van der Waals surface area contributed by atoms with Gasteiger partial charge < -0.3 is 16.0 Å². The molecule has 0 aromatic heterocycles. The van der Waals surface area contributed by atoms with E-state index < -0.39 is 5.54 Å². The Morgan fingerprint density at radius 3 is 2.54 bits per heavy atom. The first kappa shape index (κ1) is 21.2. The van der Waals surface area contributed by atoms with E-state index in [1.54, 1.807) is 0 Å². The summed E-state index contributed by atoms with van der Waals surface area (Å²) in [5, 5.41) is 9.59. The molecular weight excluding hydrogens is 326 g/mol. The van der Waals surface area contributed by atoms with Crippen molar-refractivity contribution in [2.24, 2.45) is 5.92 Å². The standard InChI is InChI=1S/C18H33N3O2.ClH/c1-3-4-11-20-17(23)18(9-6-5-7-10-18)21-16(22)15-8-12-19-14(2)13-15;/h14-15,19H,3-13H2,1-2H3,(H,20,23)(H,21,22);1H/t14-,15-;/m0./s1. The van der Waals surface area contributed by atoms with E-state index >= 15 is 0 Å². The Hall–Kier alpha value is -0.810. The predicted octanol–water partition coefficient (Wildman–Crippen LogP) is 2.53. The summed E-state index contributed by atoms with van der Waals surface area (Å²) in [5.74, 6) is 0.139. The number of halogens is 1. The number of piperidine rings is 1. The second-order valence-corrected chi connectivity index (χ2v) is 7.32. The monoisotopic (exact) mass is 359 g/mol. The average molecular weight is 360 g/mol. The van der Waals surface area contributed by atoms with Crippen LogP contribution < -0.4 is 16.0 Å². The van der Waals surface area contributed by atoms with Crippen molar-refractivity contribution in [3.8, 4) is 0 Å². The van der Waals surface area contributed by atoms with Gasteiger partial charge in [-0.15, -0.1) is 12.4 Å². The van der Waals surface area contributed by atoms with Crippen LogP contribution in [-0.4, -0.2) is 36.5 Å². The third-order valence-electron chi connectivity index (χ3n) is 5.31. The molecule has 24 heavy (non-hydrogen) atoms. The highest BCUT2D eigenvalue weighted by atomic mass is 35.5. The molecule has 2 aliphatic rings. The molecule has 0 unspecified atom stereocenters. The van der Waals surface area contributed by atoms with Crippen LogP contribution in [0.15, 0.2) is 0 Å². The number of nitrogens with one attached hydrogen (secondary N) is 3. The summed E-state index contributed by atoms with van der Waals surface area (Å²) in [7, 11) is 0.